The normalized spacial score (nSPS) is 19.9. The lowest BCUT2D eigenvalue weighted by molar-refractivity contribution is -0.161. The largest absolute Gasteiger partial charge is 0.479 e. The minimum atomic E-state index is -1.42. The van der Waals surface area contributed by atoms with Crippen molar-refractivity contribution in [1.82, 2.24) is 10.2 Å². The molecule has 1 aliphatic heterocycles. The molecule has 0 spiro atoms. The van der Waals surface area contributed by atoms with Gasteiger partial charge in [0.05, 0.1) is 19.1 Å². The van der Waals surface area contributed by atoms with Crippen LogP contribution in [0.4, 0.5) is 4.79 Å². The maximum Gasteiger partial charge on any atom is 0.407 e. The number of aliphatic hydroxyl groups is 1. The molecule has 9 heteroatoms. The van der Waals surface area contributed by atoms with Gasteiger partial charge in [-0.15, -0.1) is 0 Å². The lowest BCUT2D eigenvalue weighted by atomic mass is 9.98. The van der Waals surface area contributed by atoms with Gasteiger partial charge in [0.1, 0.15) is 6.61 Å². The second-order valence-corrected chi connectivity index (χ2v) is 8.63. The van der Waals surface area contributed by atoms with Crippen LogP contribution in [-0.2, 0) is 19.1 Å². The van der Waals surface area contributed by atoms with Crippen LogP contribution in [0.25, 0.3) is 11.1 Å². The second kappa shape index (κ2) is 9.82. The predicted octanol–water partition coefficient (Wildman–Crippen LogP) is 1.98. The van der Waals surface area contributed by atoms with E-state index >= 15 is 0 Å². The van der Waals surface area contributed by atoms with Crippen molar-refractivity contribution in [3.63, 3.8) is 0 Å². The molecule has 34 heavy (non-hydrogen) atoms. The SMILES string of the molecule is COC1(C(=O)O)CCN(C(=O)CC(O)CNC(=O)OCC2c3ccccc3-c3ccccc32)C1. The minimum Gasteiger partial charge on any atom is -0.479 e. The summed E-state index contributed by atoms with van der Waals surface area (Å²) in [6.45, 7) is 0.136. The van der Waals surface area contributed by atoms with Crippen LogP contribution in [-0.4, -0.2) is 78.1 Å². The standard InChI is InChI=1S/C25H28N2O7/c1-33-25(23(30)31)10-11-27(15-25)22(29)12-16(28)13-26-24(32)34-14-21-19-8-4-2-6-17(19)18-7-3-5-9-20(18)21/h2-9,16,21,28H,10-15H2,1H3,(H,26,32)(H,30,31). The van der Waals surface area contributed by atoms with Gasteiger partial charge in [-0.3, -0.25) is 4.79 Å². The number of carbonyl (C=O) groups excluding carboxylic acids is 2. The number of benzene rings is 2. The maximum atomic E-state index is 12.4. The van der Waals surface area contributed by atoms with E-state index in [-0.39, 0.29) is 45.0 Å². The zero-order valence-electron chi connectivity index (χ0n) is 18.9. The average Bonchev–Trinajstić information content (AvgIpc) is 3.42. The Morgan fingerprint density at radius 3 is 2.29 bits per heavy atom. The molecule has 2 aromatic carbocycles. The van der Waals surface area contributed by atoms with Crippen LogP contribution in [0.5, 0.6) is 0 Å². The van der Waals surface area contributed by atoms with Gasteiger partial charge in [0.25, 0.3) is 0 Å². The molecule has 9 nitrogen and oxygen atoms in total. The number of nitrogens with one attached hydrogen (secondary N) is 1. The lowest BCUT2D eigenvalue weighted by Gasteiger charge is -2.23. The number of aliphatic hydroxyl groups excluding tert-OH is 1. The van der Waals surface area contributed by atoms with Crippen molar-refractivity contribution in [3.8, 4) is 11.1 Å². The molecular weight excluding hydrogens is 440 g/mol. The van der Waals surface area contributed by atoms with Gasteiger partial charge in [0.2, 0.25) is 5.91 Å². The first-order valence-corrected chi connectivity index (χ1v) is 11.2. The molecule has 0 saturated carbocycles. The van der Waals surface area contributed by atoms with Gasteiger partial charge >= 0.3 is 12.1 Å². The van der Waals surface area contributed by atoms with E-state index < -0.39 is 29.7 Å². The summed E-state index contributed by atoms with van der Waals surface area (Å²) in [5.74, 6) is -1.60. The molecule has 2 amide bonds. The fourth-order valence-electron chi connectivity index (χ4n) is 4.68. The number of aliphatic carboxylic acids is 1. The number of ether oxygens (including phenoxy) is 2. The number of carboxylic acids is 1. The van der Waals surface area contributed by atoms with Gasteiger partial charge in [-0.1, -0.05) is 48.5 Å². The van der Waals surface area contributed by atoms with Crippen molar-refractivity contribution >= 4 is 18.0 Å². The van der Waals surface area contributed by atoms with E-state index in [0.29, 0.717) is 0 Å². The van der Waals surface area contributed by atoms with E-state index in [9.17, 15) is 24.6 Å². The first kappa shape index (κ1) is 23.7. The summed E-state index contributed by atoms with van der Waals surface area (Å²) < 4.78 is 10.5. The maximum absolute atomic E-state index is 12.4. The smallest absolute Gasteiger partial charge is 0.407 e. The summed E-state index contributed by atoms with van der Waals surface area (Å²) in [6, 6.07) is 16.0. The number of fused-ring (bicyclic) bond motifs is 3. The van der Waals surface area contributed by atoms with Crippen molar-refractivity contribution < 1.29 is 34.1 Å². The van der Waals surface area contributed by atoms with Gasteiger partial charge in [-0.2, -0.15) is 0 Å². The van der Waals surface area contributed by atoms with Crippen molar-refractivity contribution in [2.24, 2.45) is 0 Å². The third-order valence-corrected chi connectivity index (χ3v) is 6.60. The lowest BCUT2D eigenvalue weighted by Crippen LogP contribution is -2.45. The molecule has 2 aliphatic rings. The van der Waals surface area contributed by atoms with Crippen molar-refractivity contribution in [1.29, 1.82) is 0 Å². The fraction of sp³-hybridized carbons (Fsp3) is 0.400. The van der Waals surface area contributed by atoms with Crippen LogP contribution in [0, 0.1) is 0 Å². The number of methoxy groups -OCH3 is 1. The summed E-state index contributed by atoms with van der Waals surface area (Å²) in [5, 5.41) is 22.0. The van der Waals surface area contributed by atoms with Gasteiger partial charge < -0.3 is 29.9 Å². The summed E-state index contributed by atoms with van der Waals surface area (Å²) in [6.07, 6.45) is -1.88. The third kappa shape index (κ3) is 4.62. The Morgan fingerprint density at radius 1 is 1.12 bits per heavy atom. The minimum absolute atomic E-state index is 0.0740. The van der Waals surface area contributed by atoms with Gasteiger partial charge in [0.15, 0.2) is 5.60 Å². The number of likely N-dealkylation sites (tertiary alicyclic amines) is 1. The molecule has 2 unspecified atom stereocenters. The first-order chi connectivity index (χ1) is 16.3. The highest BCUT2D eigenvalue weighted by Crippen LogP contribution is 2.44. The Kier molecular flexibility index (Phi) is 6.85. The molecule has 1 heterocycles. The number of carbonyl (C=O) groups is 3. The monoisotopic (exact) mass is 468 g/mol. The van der Waals surface area contributed by atoms with E-state index in [1.807, 2.05) is 36.4 Å². The zero-order chi connectivity index (χ0) is 24.3. The summed E-state index contributed by atoms with van der Waals surface area (Å²) >= 11 is 0. The zero-order valence-corrected chi connectivity index (χ0v) is 18.9. The average molecular weight is 469 g/mol. The fourth-order valence-corrected chi connectivity index (χ4v) is 4.68. The Hall–Kier alpha value is -3.43. The molecule has 4 rings (SSSR count). The number of rotatable bonds is 8. The van der Waals surface area contributed by atoms with Crippen molar-refractivity contribution in [3.05, 3.63) is 59.7 Å². The highest BCUT2D eigenvalue weighted by molar-refractivity contribution is 5.83. The van der Waals surface area contributed by atoms with E-state index in [1.54, 1.807) is 0 Å². The quantitative estimate of drug-likeness (QED) is 0.541. The van der Waals surface area contributed by atoms with Gasteiger partial charge in [-0.05, 0) is 22.3 Å². The van der Waals surface area contributed by atoms with Crippen LogP contribution < -0.4 is 5.32 Å². The summed E-state index contributed by atoms with van der Waals surface area (Å²) in [4.78, 5) is 37.5. The Labute approximate surface area is 197 Å². The third-order valence-electron chi connectivity index (χ3n) is 6.60. The molecule has 1 fully saturated rings. The molecule has 2 atom stereocenters. The molecule has 1 saturated heterocycles. The number of amides is 2. The second-order valence-electron chi connectivity index (χ2n) is 8.63. The van der Waals surface area contributed by atoms with Crippen LogP contribution in [0.3, 0.4) is 0 Å². The topological polar surface area (TPSA) is 125 Å². The van der Waals surface area contributed by atoms with Crippen LogP contribution in [0.1, 0.15) is 29.9 Å². The molecule has 0 radical (unpaired) electrons. The number of nitrogens with zero attached hydrogens (tertiary/aromatic N) is 1. The highest BCUT2D eigenvalue weighted by atomic mass is 16.5. The highest BCUT2D eigenvalue weighted by Gasteiger charge is 2.46. The van der Waals surface area contributed by atoms with Crippen LogP contribution in [0.2, 0.25) is 0 Å². The van der Waals surface area contributed by atoms with Crippen LogP contribution >= 0.6 is 0 Å². The number of hydrogen-bond donors (Lipinski definition) is 3. The predicted molar refractivity (Wildman–Crippen MR) is 122 cm³/mol. The van der Waals surface area contributed by atoms with Crippen LogP contribution in [0.15, 0.2) is 48.5 Å². The van der Waals surface area contributed by atoms with E-state index in [1.165, 1.54) is 12.0 Å². The Bertz CT molecular complexity index is 1040. The molecule has 3 N–H and O–H groups in total. The summed E-state index contributed by atoms with van der Waals surface area (Å²) in [7, 11) is 1.30. The Balaban J connectivity index is 1.25. The van der Waals surface area contributed by atoms with Gasteiger partial charge in [-0.25, -0.2) is 9.59 Å². The first-order valence-electron chi connectivity index (χ1n) is 11.2. The molecule has 1 aliphatic carbocycles. The number of hydrogen-bond acceptors (Lipinski definition) is 6. The van der Waals surface area contributed by atoms with E-state index in [4.69, 9.17) is 9.47 Å². The van der Waals surface area contributed by atoms with Gasteiger partial charge in [0, 0.05) is 32.5 Å². The number of carboxylic acid groups (broad SMARTS) is 1. The molecule has 2 aromatic rings. The van der Waals surface area contributed by atoms with Crippen molar-refractivity contribution in [2.75, 3.05) is 33.4 Å². The molecule has 180 valence electrons. The summed E-state index contributed by atoms with van der Waals surface area (Å²) in [5.41, 5.74) is 3.04. The van der Waals surface area contributed by atoms with E-state index in [0.717, 1.165) is 22.3 Å². The Morgan fingerprint density at radius 2 is 1.74 bits per heavy atom. The number of alkyl carbamates (subject to hydrolysis) is 1. The van der Waals surface area contributed by atoms with Crippen molar-refractivity contribution in [2.45, 2.75) is 30.5 Å². The van der Waals surface area contributed by atoms with E-state index in [2.05, 4.69) is 17.4 Å². The molecule has 0 bridgehead atoms. The molecular formula is C25H28N2O7. The molecule has 0 aromatic heterocycles.